The average molecular weight is 384 g/mol. The van der Waals surface area contributed by atoms with Crippen LogP contribution in [0.15, 0.2) is 47.4 Å². The highest BCUT2D eigenvalue weighted by Crippen LogP contribution is 2.26. The van der Waals surface area contributed by atoms with Crippen LogP contribution in [-0.4, -0.2) is 28.7 Å². The Balaban J connectivity index is 1.91. The molecule has 0 spiro atoms. The minimum Gasteiger partial charge on any atom is -0.495 e. The molecule has 0 saturated carbocycles. The summed E-state index contributed by atoms with van der Waals surface area (Å²) >= 11 is 5.88. The fourth-order valence-corrected chi connectivity index (χ4v) is 3.77. The van der Waals surface area contributed by atoms with E-state index in [0.717, 1.165) is 12.8 Å². The van der Waals surface area contributed by atoms with Gasteiger partial charge in [0.2, 0.25) is 10.0 Å². The molecule has 5 nitrogen and oxygen atoms in total. The van der Waals surface area contributed by atoms with Crippen LogP contribution < -0.4 is 14.2 Å². The molecular formula is C18H22ClNO4S. The van der Waals surface area contributed by atoms with Crippen molar-refractivity contribution in [1.82, 2.24) is 4.72 Å². The number of aryl methyl sites for hydroxylation is 1. The molecule has 0 bridgehead atoms. The molecule has 1 N–H and O–H groups in total. The van der Waals surface area contributed by atoms with Gasteiger partial charge in [0.1, 0.15) is 23.0 Å². The molecule has 0 atom stereocenters. The average Bonchev–Trinajstić information content (AvgIpc) is 2.60. The van der Waals surface area contributed by atoms with E-state index in [1.165, 1.54) is 24.8 Å². The first-order valence-electron chi connectivity index (χ1n) is 8.01. The van der Waals surface area contributed by atoms with Gasteiger partial charge in [0.05, 0.1) is 7.11 Å². The van der Waals surface area contributed by atoms with Crippen molar-refractivity contribution in [3.63, 3.8) is 0 Å². The van der Waals surface area contributed by atoms with Crippen molar-refractivity contribution in [3.05, 3.63) is 53.1 Å². The van der Waals surface area contributed by atoms with E-state index in [-0.39, 0.29) is 23.8 Å². The number of ether oxygens (including phenoxy) is 2. The lowest BCUT2D eigenvalue weighted by molar-refractivity contribution is 0.322. The molecule has 136 valence electrons. The Bertz CT molecular complexity index is 791. The van der Waals surface area contributed by atoms with Crippen molar-refractivity contribution in [2.75, 3.05) is 20.3 Å². The Labute approximate surface area is 154 Å². The molecule has 0 aromatic heterocycles. The Kier molecular flexibility index (Phi) is 7.11. The third-order valence-corrected chi connectivity index (χ3v) is 5.26. The minimum absolute atomic E-state index is 0.00594. The number of hydrogen-bond donors (Lipinski definition) is 1. The molecule has 0 radical (unpaired) electrons. The second kappa shape index (κ2) is 9.08. The van der Waals surface area contributed by atoms with E-state index >= 15 is 0 Å². The van der Waals surface area contributed by atoms with Gasteiger partial charge in [0.15, 0.2) is 0 Å². The van der Waals surface area contributed by atoms with Crippen LogP contribution in [0.2, 0.25) is 5.02 Å². The van der Waals surface area contributed by atoms with Crippen LogP contribution in [-0.2, 0) is 16.4 Å². The first-order chi connectivity index (χ1) is 12.0. The smallest absolute Gasteiger partial charge is 0.244 e. The first kappa shape index (κ1) is 19.6. The maximum absolute atomic E-state index is 12.4. The molecule has 25 heavy (non-hydrogen) atoms. The fourth-order valence-electron chi connectivity index (χ4n) is 2.32. The third kappa shape index (κ3) is 5.63. The summed E-state index contributed by atoms with van der Waals surface area (Å²) in [6.07, 6.45) is 2.12. The lowest BCUT2D eigenvalue weighted by Crippen LogP contribution is -2.28. The summed E-state index contributed by atoms with van der Waals surface area (Å²) in [6.45, 7) is 2.48. The van der Waals surface area contributed by atoms with Gasteiger partial charge in [-0.2, -0.15) is 0 Å². The van der Waals surface area contributed by atoms with E-state index in [4.69, 9.17) is 21.1 Å². The monoisotopic (exact) mass is 383 g/mol. The maximum Gasteiger partial charge on any atom is 0.244 e. The number of rotatable bonds is 9. The van der Waals surface area contributed by atoms with Crippen LogP contribution in [0.4, 0.5) is 0 Å². The number of methoxy groups -OCH3 is 1. The summed E-state index contributed by atoms with van der Waals surface area (Å²) in [5, 5.41) is 0.324. The van der Waals surface area contributed by atoms with Gasteiger partial charge in [-0.1, -0.05) is 37.1 Å². The van der Waals surface area contributed by atoms with Gasteiger partial charge in [-0.25, -0.2) is 13.1 Å². The standard InChI is InChI=1S/C18H22ClNO4S/c1-3-4-14-5-8-16(9-6-14)24-12-11-20-25(21,22)18-13-15(19)7-10-17(18)23-2/h5-10,13,20H,3-4,11-12H2,1-2H3. The van der Waals surface area contributed by atoms with Crippen LogP contribution in [0.25, 0.3) is 0 Å². The molecule has 7 heteroatoms. The van der Waals surface area contributed by atoms with Crippen LogP contribution in [0.3, 0.4) is 0 Å². The first-order valence-corrected chi connectivity index (χ1v) is 9.87. The lowest BCUT2D eigenvalue weighted by atomic mass is 10.1. The van der Waals surface area contributed by atoms with Gasteiger partial charge < -0.3 is 9.47 Å². The molecule has 2 rings (SSSR count). The molecule has 0 amide bonds. The van der Waals surface area contributed by atoms with E-state index in [9.17, 15) is 8.42 Å². The Morgan fingerprint density at radius 2 is 1.84 bits per heavy atom. The van der Waals surface area contributed by atoms with Gasteiger partial charge in [0, 0.05) is 11.6 Å². The van der Waals surface area contributed by atoms with Crippen molar-refractivity contribution in [2.24, 2.45) is 0 Å². The number of hydrogen-bond acceptors (Lipinski definition) is 4. The van der Waals surface area contributed by atoms with Crippen molar-refractivity contribution in [3.8, 4) is 11.5 Å². The van der Waals surface area contributed by atoms with E-state index in [0.29, 0.717) is 10.8 Å². The summed E-state index contributed by atoms with van der Waals surface area (Å²) in [6, 6.07) is 12.3. The third-order valence-electron chi connectivity index (χ3n) is 3.54. The SMILES string of the molecule is CCCc1ccc(OCCNS(=O)(=O)c2cc(Cl)ccc2OC)cc1. The molecule has 2 aromatic rings. The lowest BCUT2D eigenvalue weighted by Gasteiger charge is -2.12. The minimum atomic E-state index is -3.73. The summed E-state index contributed by atoms with van der Waals surface area (Å²) in [5.41, 5.74) is 1.25. The van der Waals surface area contributed by atoms with Gasteiger partial charge in [-0.15, -0.1) is 0 Å². The summed E-state index contributed by atoms with van der Waals surface area (Å²) in [5.74, 6) is 0.948. The predicted octanol–water partition coefficient (Wildman–Crippen LogP) is 3.66. The van der Waals surface area contributed by atoms with Gasteiger partial charge in [-0.05, 0) is 42.3 Å². The Morgan fingerprint density at radius 1 is 1.12 bits per heavy atom. The van der Waals surface area contributed by atoms with Crippen molar-refractivity contribution in [1.29, 1.82) is 0 Å². The summed E-state index contributed by atoms with van der Waals surface area (Å²) in [4.78, 5) is 0.00594. The predicted molar refractivity (Wildman–Crippen MR) is 99.1 cm³/mol. The molecule has 0 saturated heterocycles. The topological polar surface area (TPSA) is 64.6 Å². The number of nitrogens with one attached hydrogen (secondary N) is 1. The Hall–Kier alpha value is -1.76. The van der Waals surface area contributed by atoms with E-state index in [1.54, 1.807) is 6.07 Å². The Morgan fingerprint density at radius 3 is 2.48 bits per heavy atom. The second-order valence-electron chi connectivity index (χ2n) is 5.44. The fraction of sp³-hybridized carbons (Fsp3) is 0.333. The summed E-state index contributed by atoms with van der Waals surface area (Å²) < 4.78 is 37.9. The zero-order valence-corrected chi connectivity index (χ0v) is 15.9. The summed E-state index contributed by atoms with van der Waals surface area (Å²) in [7, 11) is -2.32. The van der Waals surface area contributed by atoms with Crippen LogP contribution in [0.5, 0.6) is 11.5 Å². The van der Waals surface area contributed by atoms with E-state index < -0.39 is 10.0 Å². The highest BCUT2D eigenvalue weighted by Gasteiger charge is 2.19. The van der Waals surface area contributed by atoms with E-state index in [2.05, 4.69) is 11.6 Å². The van der Waals surface area contributed by atoms with Gasteiger partial charge in [-0.3, -0.25) is 0 Å². The number of halogens is 1. The quantitative estimate of drug-likeness (QED) is 0.671. The second-order valence-corrected chi connectivity index (χ2v) is 7.61. The molecule has 0 aliphatic carbocycles. The van der Waals surface area contributed by atoms with E-state index in [1.807, 2.05) is 24.3 Å². The number of benzene rings is 2. The zero-order valence-electron chi connectivity index (χ0n) is 14.3. The molecule has 0 fully saturated rings. The van der Waals surface area contributed by atoms with Gasteiger partial charge in [0.25, 0.3) is 0 Å². The normalized spacial score (nSPS) is 11.3. The molecule has 2 aromatic carbocycles. The molecule has 0 heterocycles. The largest absolute Gasteiger partial charge is 0.495 e. The van der Waals surface area contributed by atoms with Crippen LogP contribution in [0.1, 0.15) is 18.9 Å². The highest BCUT2D eigenvalue weighted by molar-refractivity contribution is 7.89. The zero-order chi connectivity index (χ0) is 18.3. The number of sulfonamides is 1. The van der Waals surface area contributed by atoms with Crippen LogP contribution in [0, 0.1) is 0 Å². The molecular weight excluding hydrogens is 362 g/mol. The van der Waals surface area contributed by atoms with Crippen molar-refractivity contribution < 1.29 is 17.9 Å². The molecule has 0 aliphatic heterocycles. The maximum atomic E-state index is 12.4. The molecule has 0 aliphatic rings. The molecule has 0 unspecified atom stereocenters. The van der Waals surface area contributed by atoms with Crippen molar-refractivity contribution in [2.45, 2.75) is 24.7 Å². The van der Waals surface area contributed by atoms with Crippen molar-refractivity contribution >= 4 is 21.6 Å². The van der Waals surface area contributed by atoms with Crippen LogP contribution >= 0.6 is 11.6 Å². The highest BCUT2D eigenvalue weighted by atomic mass is 35.5. The van der Waals surface area contributed by atoms with Gasteiger partial charge >= 0.3 is 0 Å².